The second kappa shape index (κ2) is 9.14. The average Bonchev–Trinajstić information content (AvgIpc) is 2.44. The van der Waals surface area contributed by atoms with Gasteiger partial charge in [-0.25, -0.2) is 0 Å². The molecule has 0 atom stereocenters. The zero-order valence-electron chi connectivity index (χ0n) is 12.0. The molecule has 0 aliphatic carbocycles. The molecule has 0 radical (unpaired) electrons. The topological polar surface area (TPSA) is 66.8 Å². The third-order valence-electron chi connectivity index (χ3n) is 2.44. The lowest BCUT2D eigenvalue weighted by Crippen LogP contribution is -2.26. The van der Waals surface area contributed by atoms with Crippen LogP contribution in [0.3, 0.4) is 0 Å². The molecule has 6 heteroatoms. The van der Waals surface area contributed by atoms with Crippen LogP contribution in [0.5, 0.6) is 5.75 Å². The van der Waals surface area contributed by atoms with E-state index in [4.69, 9.17) is 14.2 Å². The molecular formula is C14H21NO5. The SMILES string of the molecule is CCCOc1cccn(CC(=O)OCCOCC)c1=O. The van der Waals surface area contributed by atoms with Gasteiger partial charge in [0.2, 0.25) is 0 Å². The predicted octanol–water partition coefficient (Wildman–Crippen LogP) is 1.22. The summed E-state index contributed by atoms with van der Waals surface area (Å²) < 4.78 is 16.6. The molecular weight excluding hydrogens is 262 g/mol. The first-order chi connectivity index (χ1) is 9.69. The number of pyridine rings is 1. The van der Waals surface area contributed by atoms with Crippen molar-refractivity contribution in [3.8, 4) is 5.75 Å². The molecule has 0 spiro atoms. The van der Waals surface area contributed by atoms with Crippen LogP contribution >= 0.6 is 0 Å². The van der Waals surface area contributed by atoms with Crippen LogP contribution in [-0.2, 0) is 20.8 Å². The molecule has 0 aromatic carbocycles. The summed E-state index contributed by atoms with van der Waals surface area (Å²) in [6, 6.07) is 3.26. The third kappa shape index (κ3) is 5.44. The number of carbonyl (C=O) groups is 1. The molecule has 0 saturated heterocycles. The van der Waals surface area contributed by atoms with Crippen LogP contribution in [0, 0.1) is 0 Å². The number of esters is 1. The average molecular weight is 283 g/mol. The van der Waals surface area contributed by atoms with E-state index in [1.54, 1.807) is 12.1 Å². The van der Waals surface area contributed by atoms with Crippen LogP contribution in [0.25, 0.3) is 0 Å². The fraction of sp³-hybridized carbons (Fsp3) is 0.571. The van der Waals surface area contributed by atoms with Crippen LogP contribution in [0.2, 0.25) is 0 Å². The molecule has 0 bridgehead atoms. The molecule has 0 unspecified atom stereocenters. The van der Waals surface area contributed by atoms with Gasteiger partial charge in [-0.15, -0.1) is 0 Å². The quantitative estimate of drug-likeness (QED) is 0.503. The third-order valence-corrected chi connectivity index (χ3v) is 2.44. The molecule has 112 valence electrons. The lowest BCUT2D eigenvalue weighted by molar-refractivity contribution is -0.145. The Bertz CT molecular complexity index is 469. The first kappa shape index (κ1) is 16.2. The number of rotatable bonds is 9. The lowest BCUT2D eigenvalue weighted by Gasteiger charge is -2.09. The summed E-state index contributed by atoms with van der Waals surface area (Å²) in [5, 5.41) is 0. The molecule has 0 aliphatic rings. The summed E-state index contributed by atoms with van der Waals surface area (Å²) in [6.45, 7) is 5.28. The maximum Gasteiger partial charge on any atom is 0.326 e. The van der Waals surface area contributed by atoms with E-state index in [1.165, 1.54) is 10.8 Å². The summed E-state index contributed by atoms with van der Waals surface area (Å²) in [5.74, 6) is -0.226. The second-order valence-electron chi connectivity index (χ2n) is 4.07. The van der Waals surface area contributed by atoms with Crippen LogP contribution < -0.4 is 10.3 Å². The Kier molecular flexibility index (Phi) is 7.42. The van der Waals surface area contributed by atoms with Crippen LogP contribution in [-0.4, -0.2) is 37.0 Å². The number of aromatic nitrogens is 1. The summed E-state index contributed by atoms with van der Waals surface area (Å²) in [7, 11) is 0. The molecule has 1 heterocycles. The Morgan fingerprint density at radius 1 is 1.25 bits per heavy atom. The smallest absolute Gasteiger partial charge is 0.326 e. The predicted molar refractivity (Wildman–Crippen MR) is 73.9 cm³/mol. The maximum atomic E-state index is 12.0. The molecule has 0 N–H and O–H groups in total. The lowest BCUT2D eigenvalue weighted by atomic mass is 10.4. The molecule has 0 amide bonds. The molecule has 0 aliphatic heterocycles. The van der Waals surface area contributed by atoms with Crippen LogP contribution in [0.1, 0.15) is 20.3 Å². The highest BCUT2D eigenvalue weighted by molar-refractivity contribution is 5.69. The highest BCUT2D eigenvalue weighted by Gasteiger charge is 2.09. The molecule has 0 saturated carbocycles. The Labute approximate surface area is 118 Å². The molecule has 20 heavy (non-hydrogen) atoms. The van der Waals surface area contributed by atoms with Crippen molar-refractivity contribution >= 4 is 5.97 Å². The summed E-state index contributed by atoms with van der Waals surface area (Å²) in [4.78, 5) is 23.6. The first-order valence-corrected chi connectivity index (χ1v) is 6.74. The largest absolute Gasteiger partial charge is 0.488 e. The van der Waals surface area contributed by atoms with Gasteiger partial charge in [0.05, 0.1) is 13.2 Å². The minimum Gasteiger partial charge on any atom is -0.488 e. The summed E-state index contributed by atoms with van der Waals surface area (Å²) >= 11 is 0. The normalized spacial score (nSPS) is 10.3. The van der Waals surface area contributed by atoms with E-state index >= 15 is 0 Å². The van der Waals surface area contributed by atoms with E-state index in [-0.39, 0.29) is 24.5 Å². The van der Waals surface area contributed by atoms with Gasteiger partial charge < -0.3 is 18.8 Å². The minimum atomic E-state index is -0.473. The van der Waals surface area contributed by atoms with Gasteiger partial charge in [-0.3, -0.25) is 9.59 Å². The van der Waals surface area contributed by atoms with Crippen LogP contribution in [0.15, 0.2) is 23.1 Å². The summed E-state index contributed by atoms with van der Waals surface area (Å²) in [6.07, 6.45) is 2.35. The van der Waals surface area contributed by atoms with E-state index < -0.39 is 5.97 Å². The Hall–Kier alpha value is -1.82. The molecule has 1 aromatic heterocycles. The fourth-order valence-corrected chi connectivity index (χ4v) is 1.50. The molecule has 1 rings (SSSR count). The van der Waals surface area contributed by atoms with Crippen molar-refractivity contribution in [2.24, 2.45) is 0 Å². The van der Waals surface area contributed by atoms with Gasteiger partial charge in [0.15, 0.2) is 5.75 Å². The number of carbonyl (C=O) groups excluding carboxylic acids is 1. The maximum absolute atomic E-state index is 12.0. The highest BCUT2D eigenvalue weighted by Crippen LogP contribution is 2.02. The van der Waals surface area contributed by atoms with Crippen molar-refractivity contribution in [2.75, 3.05) is 26.4 Å². The first-order valence-electron chi connectivity index (χ1n) is 6.74. The zero-order chi connectivity index (χ0) is 14.8. The van der Waals surface area contributed by atoms with E-state index in [9.17, 15) is 9.59 Å². The van der Waals surface area contributed by atoms with Gasteiger partial charge in [-0.05, 0) is 25.5 Å². The monoisotopic (exact) mass is 283 g/mol. The molecule has 6 nitrogen and oxygen atoms in total. The van der Waals surface area contributed by atoms with Gasteiger partial charge in [0, 0.05) is 12.8 Å². The van der Waals surface area contributed by atoms with Gasteiger partial charge in [-0.1, -0.05) is 6.92 Å². The van der Waals surface area contributed by atoms with E-state index in [1.807, 2.05) is 13.8 Å². The van der Waals surface area contributed by atoms with Crippen molar-refractivity contribution in [3.63, 3.8) is 0 Å². The Morgan fingerprint density at radius 2 is 2.05 bits per heavy atom. The van der Waals surface area contributed by atoms with Gasteiger partial charge in [-0.2, -0.15) is 0 Å². The van der Waals surface area contributed by atoms with Crippen molar-refractivity contribution in [1.82, 2.24) is 4.57 Å². The van der Waals surface area contributed by atoms with E-state index in [2.05, 4.69) is 0 Å². The second-order valence-corrected chi connectivity index (χ2v) is 4.07. The number of ether oxygens (including phenoxy) is 3. The van der Waals surface area contributed by atoms with Crippen molar-refractivity contribution in [2.45, 2.75) is 26.8 Å². The Morgan fingerprint density at radius 3 is 2.75 bits per heavy atom. The van der Waals surface area contributed by atoms with E-state index in [0.717, 1.165) is 6.42 Å². The van der Waals surface area contributed by atoms with Crippen molar-refractivity contribution in [3.05, 3.63) is 28.7 Å². The fourth-order valence-electron chi connectivity index (χ4n) is 1.50. The summed E-state index contributed by atoms with van der Waals surface area (Å²) in [5.41, 5.74) is -0.331. The van der Waals surface area contributed by atoms with E-state index in [0.29, 0.717) is 19.8 Å². The van der Waals surface area contributed by atoms with Crippen molar-refractivity contribution in [1.29, 1.82) is 0 Å². The minimum absolute atomic E-state index is 0.131. The highest BCUT2D eigenvalue weighted by atomic mass is 16.6. The van der Waals surface area contributed by atoms with Gasteiger partial charge >= 0.3 is 5.97 Å². The molecule has 1 aromatic rings. The Balaban J connectivity index is 2.54. The van der Waals surface area contributed by atoms with Gasteiger partial charge in [0.1, 0.15) is 13.2 Å². The van der Waals surface area contributed by atoms with Gasteiger partial charge in [0.25, 0.3) is 5.56 Å². The van der Waals surface area contributed by atoms with Crippen molar-refractivity contribution < 1.29 is 19.0 Å². The standard InChI is InChI=1S/C14H21NO5/c1-3-8-19-12-6-5-7-15(14(12)17)11-13(16)20-10-9-18-4-2/h5-7H,3-4,8-11H2,1-2H3. The number of hydrogen-bond donors (Lipinski definition) is 0. The molecule has 0 fully saturated rings. The number of hydrogen-bond acceptors (Lipinski definition) is 5. The zero-order valence-corrected chi connectivity index (χ0v) is 12.0. The number of nitrogens with zero attached hydrogens (tertiary/aromatic N) is 1. The van der Waals surface area contributed by atoms with Crippen LogP contribution in [0.4, 0.5) is 0 Å².